The van der Waals surface area contributed by atoms with Crippen molar-refractivity contribution in [2.24, 2.45) is 5.84 Å². The molecular weight excluding hydrogens is 209 g/mol. The van der Waals surface area contributed by atoms with E-state index in [1.807, 2.05) is 0 Å². The Labute approximate surface area is 77.8 Å². The van der Waals surface area contributed by atoms with Gasteiger partial charge >= 0.3 is 12.1 Å². The summed E-state index contributed by atoms with van der Waals surface area (Å²) < 4.78 is 35.6. The molecule has 0 aliphatic carbocycles. The van der Waals surface area contributed by atoms with E-state index in [9.17, 15) is 13.2 Å². The summed E-state index contributed by atoms with van der Waals surface area (Å²) in [7, 11) is 2.97. The second-order valence-electron chi connectivity index (χ2n) is 1.42. The highest BCUT2D eigenvalue weighted by Gasteiger charge is 2.38. The van der Waals surface area contributed by atoms with Crippen molar-refractivity contribution in [3.63, 3.8) is 0 Å². The Morgan fingerprint density at radius 2 is 1.71 bits per heavy atom. The van der Waals surface area contributed by atoms with Gasteiger partial charge in [-0.05, 0) is 7.05 Å². The van der Waals surface area contributed by atoms with Crippen molar-refractivity contribution in [1.82, 2.24) is 5.43 Å². The molecule has 0 unspecified atom stereocenters. The molecule has 0 atom stereocenters. The number of ether oxygens (including phenoxy) is 1. The van der Waals surface area contributed by atoms with Crippen LogP contribution in [-0.4, -0.2) is 37.9 Å². The Hall–Kier alpha value is -1.35. The molecule has 14 heavy (non-hydrogen) atoms. The van der Waals surface area contributed by atoms with Crippen molar-refractivity contribution >= 4 is 12.4 Å². The SMILES string of the molecule is CNN.COC=O.O=C(O)C(F)(F)F. The van der Waals surface area contributed by atoms with Crippen LogP contribution in [0.5, 0.6) is 0 Å². The maximum atomic E-state index is 10.6. The highest BCUT2D eigenvalue weighted by atomic mass is 19.4. The van der Waals surface area contributed by atoms with Gasteiger partial charge in [0.25, 0.3) is 6.47 Å². The number of carboxylic acid groups (broad SMARTS) is 1. The van der Waals surface area contributed by atoms with Crippen molar-refractivity contribution in [2.75, 3.05) is 14.2 Å². The van der Waals surface area contributed by atoms with Gasteiger partial charge in [0.2, 0.25) is 0 Å². The number of carbonyl (C=O) groups excluding carboxylic acids is 1. The molecular formula is C5H11F3N2O4. The third-order valence-corrected chi connectivity index (χ3v) is 0.339. The summed E-state index contributed by atoms with van der Waals surface area (Å²) in [5.74, 6) is 1.84. The van der Waals surface area contributed by atoms with Crippen LogP contribution in [0.2, 0.25) is 0 Å². The van der Waals surface area contributed by atoms with Gasteiger partial charge in [0, 0.05) is 0 Å². The summed E-state index contributed by atoms with van der Waals surface area (Å²) in [6, 6.07) is 0. The number of alkyl halides is 3. The first-order chi connectivity index (χ1) is 6.27. The molecule has 86 valence electrons. The zero-order valence-corrected chi connectivity index (χ0v) is 7.46. The summed E-state index contributed by atoms with van der Waals surface area (Å²) in [5, 5.41) is 7.12. The summed E-state index contributed by atoms with van der Waals surface area (Å²) in [6.45, 7) is 0.375. The molecule has 0 bridgehead atoms. The van der Waals surface area contributed by atoms with E-state index >= 15 is 0 Å². The van der Waals surface area contributed by atoms with Crippen molar-refractivity contribution in [1.29, 1.82) is 0 Å². The molecule has 0 fully saturated rings. The third-order valence-electron chi connectivity index (χ3n) is 0.339. The van der Waals surface area contributed by atoms with Crippen molar-refractivity contribution < 1.29 is 32.6 Å². The zero-order chi connectivity index (χ0) is 12.2. The van der Waals surface area contributed by atoms with Crippen molar-refractivity contribution in [3.8, 4) is 0 Å². The minimum absolute atomic E-state index is 0.375. The zero-order valence-electron chi connectivity index (χ0n) is 7.46. The van der Waals surface area contributed by atoms with Gasteiger partial charge in [0.1, 0.15) is 0 Å². The number of aliphatic carboxylic acids is 1. The highest BCUT2D eigenvalue weighted by Crippen LogP contribution is 2.13. The van der Waals surface area contributed by atoms with E-state index in [0.717, 1.165) is 0 Å². The predicted octanol–water partition coefficient (Wildman–Crippen LogP) is -0.498. The lowest BCUT2D eigenvalue weighted by atomic mass is 10.7. The van der Waals surface area contributed by atoms with Gasteiger partial charge in [0.05, 0.1) is 7.11 Å². The molecule has 0 heterocycles. The summed E-state index contributed by atoms with van der Waals surface area (Å²) >= 11 is 0. The average Bonchev–Trinajstić information content (AvgIpc) is 2.04. The normalized spacial score (nSPS) is 8.43. The number of rotatable bonds is 1. The van der Waals surface area contributed by atoms with Gasteiger partial charge < -0.3 is 9.84 Å². The number of hydrogen-bond acceptors (Lipinski definition) is 5. The van der Waals surface area contributed by atoms with Gasteiger partial charge in [-0.25, -0.2) is 4.79 Å². The Kier molecular flexibility index (Phi) is 15.3. The molecule has 0 amide bonds. The smallest absolute Gasteiger partial charge is 0.475 e. The molecule has 0 radical (unpaired) electrons. The van der Waals surface area contributed by atoms with Gasteiger partial charge in [0.15, 0.2) is 0 Å². The van der Waals surface area contributed by atoms with E-state index in [-0.39, 0.29) is 0 Å². The molecule has 0 saturated carbocycles. The Balaban J connectivity index is -0.000000147. The van der Waals surface area contributed by atoms with Crippen LogP contribution in [-0.2, 0) is 14.3 Å². The lowest BCUT2D eigenvalue weighted by molar-refractivity contribution is -0.192. The molecule has 0 aromatic heterocycles. The van der Waals surface area contributed by atoms with E-state index in [1.165, 1.54) is 7.11 Å². The van der Waals surface area contributed by atoms with Crippen LogP contribution in [0.1, 0.15) is 0 Å². The van der Waals surface area contributed by atoms with Crippen molar-refractivity contribution in [3.05, 3.63) is 0 Å². The number of carboxylic acids is 1. The van der Waals surface area contributed by atoms with Crippen LogP contribution in [0.3, 0.4) is 0 Å². The first-order valence-corrected chi connectivity index (χ1v) is 2.91. The summed E-state index contributed by atoms with van der Waals surface area (Å²) in [4.78, 5) is 17.8. The molecule has 0 aromatic carbocycles. The minimum atomic E-state index is -5.08. The van der Waals surface area contributed by atoms with Gasteiger partial charge in [-0.1, -0.05) is 0 Å². The Morgan fingerprint density at radius 1 is 1.57 bits per heavy atom. The summed E-state index contributed by atoms with van der Waals surface area (Å²) in [6.07, 6.45) is -5.08. The topological polar surface area (TPSA) is 102 Å². The second-order valence-corrected chi connectivity index (χ2v) is 1.42. The molecule has 0 rings (SSSR count). The predicted molar refractivity (Wildman–Crippen MR) is 40.0 cm³/mol. The molecule has 0 spiro atoms. The maximum Gasteiger partial charge on any atom is 0.490 e. The van der Waals surface area contributed by atoms with Crippen LogP contribution in [0.25, 0.3) is 0 Å². The quantitative estimate of drug-likeness (QED) is 0.313. The largest absolute Gasteiger partial charge is 0.490 e. The molecule has 0 saturated heterocycles. The monoisotopic (exact) mass is 220 g/mol. The molecule has 0 aliphatic rings. The van der Waals surface area contributed by atoms with Crippen LogP contribution in [0, 0.1) is 0 Å². The van der Waals surface area contributed by atoms with E-state index in [1.54, 1.807) is 7.05 Å². The maximum absolute atomic E-state index is 10.6. The minimum Gasteiger partial charge on any atom is -0.475 e. The molecule has 9 heteroatoms. The van der Waals surface area contributed by atoms with Crippen LogP contribution >= 0.6 is 0 Å². The number of nitrogens with one attached hydrogen (secondary N) is 1. The molecule has 0 aromatic rings. The first-order valence-electron chi connectivity index (χ1n) is 2.91. The van der Waals surface area contributed by atoms with Gasteiger partial charge in [-0.3, -0.25) is 16.1 Å². The number of methoxy groups -OCH3 is 1. The molecule has 4 N–H and O–H groups in total. The summed E-state index contributed by atoms with van der Waals surface area (Å²) in [5.41, 5.74) is 2.25. The van der Waals surface area contributed by atoms with Crippen molar-refractivity contribution in [2.45, 2.75) is 6.18 Å². The van der Waals surface area contributed by atoms with Crippen LogP contribution < -0.4 is 11.3 Å². The fourth-order valence-electron chi connectivity index (χ4n) is 0. The van der Waals surface area contributed by atoms with Gasteiger partial charge in [-0.15, -0.1) is 0 Å². The lowest BCUT2D eigenvalue weighted by Crippen LogP contribution is -2.21. The number of nitrogens with two attached hydrogens (primary N) is 1. The van der Waals surface area contributed by atoms with E-state index in [2.05, 4.69) is 16.0 Å². The fourth-order valence-corrected chi connectivity index (χ4v) is 0. The highest BCUT2D eigenvalue weighted by molar-refractivity contribution is 5.73. The van der Waals surface area contributed by atoms with Crippen LogP contribution in [0.15, 0.2) is 0 Å². The van der Waals surface area contributed by atoms with Crippen LogP contribution in [0.4, 0.5) is 13.2 Å². The van der Waals surface area contributed by atoms with E-state index < -0.39 is 12.1 Å². The third kappa shape index (κ3) is 31.1. The number of hydrogen-bond donors (Lipinski definition) is 3. The number of carbonyl (C=O) groups is 2. The molecule has 6 nitrogen and oxygen atoms in total. The standard InChI is InChI=1S/C2HF3O2.C2H4O2.CH6N2/c3-2(4,5)1(6)7;1-4-2-3;1-3-2/h(H,6,7);2H,1H3;3H,2H2,1H3. The van der Waals surface area contributed by atoms with E-state index in [4.69, 9.17) is 14.7 Å². The number of halogens is 3. The second kappa shape index (κ2) is 11.6. The van der Waals surface area contributed by atoms with Gasteiger partial charge in [-0.2, -0.15) is 13.2 Å². The number of hydrazine groups is 1. The Bertz CT molecular complexity index is 150. The fraction of sp³-hybridized carbons (Fsp3) is 0.600. The first kappa shape index (κ1) is 18.4. The van der Waals surface area contributed by atoms with E-state index in [0.29, 0.717) is 6.47 Å². The molecule has 0 aliphatic heterocycles. The lowest BCUT2D eigenvalue weighted by Gasteiger charge is -1.93. The average molecular weight is 220 g/mol. The Morgan fingerprint density at radius 3 is 1.71 bits per heavy atom.